The van der Waals surface area contributed by atoms with Crippen LogP contribution in [0, 0.1) is 4.64 Å². The number of H-pyrrole nitrogens is 1. The summed E-state index contributed by atoms with van der Waals surface area (Å²) in [6.07, 6.45) is 5.05. The highest BCUT2D eigenvalue weighted by Gasteiger charge is 2.15. The third-order valence-electron chi connectivity index (χ3n) is 3.82. The molecule has 1 N–H and O–H groups in total. The molecule has 1 aliphatic rings. The predicted octanol–water partition coefficient (Wildman–Crippen LogP) is 4.95. The first-order chi connectivity index (χ1) is 10.3. The van der Waals surface area contributed by atoms with Gasteiger partial charge in [0, 0.05) is 13.1 Å². The van der Waals surface area contributed by atoms with Gasteiger partial charge >= 0.3 is 0 Å². The predicted molar refractivity (Wildman–Crippen MR) is 93.2 cm³/mol. The summed E-state index contributed by atoms with van der Waals surface area (Å²) in [5.41, 5.74) is 2.13. The van der Waals surface area contributed by atoms with Crippen LogP contribution < -0.4 is 4.90 Å². The summed E-state index contributed by atoms with van der Waals surface area (Å²) in [7, 11) is 0. The van der Waals surface area contributed by atoms with Gasteiger partial charge in [-0.2, -0.15) is 0 Å². The minimum Gasteiger partial charge on any atom is -0.342 e. The average molecular weight is 364 g/mol. The molecule has 21 heavy (non-hydrogen) atoms. The quantitative estimate of drug-likeness (QED) is 0.766. The first kappa shape index (κ1) is 14.7. The first-order valence-electron chi connectivity index (χ1n) is 7.36. The summed E-state index contributed by atoms with van der Waals surface area (Å²) in [5.74, 6) is 0.893. The number of aromatic amines is 1. The molecule has 0 unspecified atom stereocenters. The van der Waals surface area contributed by atoms with Crippen LogP contribution in [0.5, 0.6) is 0 Å². The van der Waals surface area contributed by atoms with E-state index in [9.17, 15) is 0 Å². The summed E-state index contributed by atoms with van der Waals surface area (Å²) in [6.45, 7) is 2.10. The zero-order chi connectivity index (χ0) is 14.7. The van der Waals surface area contributed by atoms with E-state index in [-0.39, 0.29) is 0 Å². The highest BCUT2D eigenvalue weighted by atomic mass is 79.9. The lowest BCUT2D eigenvalue weighted by molar-refractivity contribution is 0.726. The Kier molecular flexibility index (Phi) is 4.70. The number of nitrogens with zero attached hydrogens (tertiary/aromatic N) is 2. The molecule has 1 fully saturated rings. The second kappa shape index (κ2) is 6.71. The highest BCUT2D eigenvalue weighted by Crippen LogP contribution is 2.29. The van der Waals surface area contributed by atoms with Gasteiger partial charge < -0.3 is 9.88 Å². The van der Waals surface area contributed by atoms with E-state index in [0.717, 1.165) is 34.8 Å². The van der Waals surface area contributed by atoms with E-state index in [1.54, 1.807) is 0 Å². The Hall–Kier alpha value is -1.20. The molecule has 2 aromatic rings. The van der Waals surface area contributed by atoms with Gasteiger partial charge in [0.05, 0.1) is 10.2 Å². The maximum Gasteiger partial charge on any atom is 0.204 e. The largest absolute Gasteiger partial charge is 0.342 e. The molecular weight excluding hydrogens is 346 g/mol. The van der Waals surface area contributed by atoms with Gasteiger partial charge in [-0.1, -0.05) is 55.4 Å². The molecule has 0 radical (unpaired) electrons. The number of halogens is 1. The average Bonchev–Trinajstić information content (AvgIpc) is 2.80. The van der Waals surface area contributed by atoms with Crippen molar-refractivity contribution in [3.05, 3.63) is 39.4 Å². The molecule has 1 aromatic carbocycles. The fourth-order valence-electron chi connectivity index (χ4n) is 2.68. The molecular formula is C16H18BrN3S. The van der Waals surface area contributed by atoms with Gasteiger partial charge in [0.1, 0.15) is 4.64 Å². The van der Waals surface area contributed by atoms with Crippen molar-refractivity contribution in [1.82, 2.24) is 9.97 Å². The molecule has 1 aliphatic heterocycles. The van der Waals surface area contributed by atoms with Crippen molar-refractivity contribution in [2.45, 2.75) is 25.7 Å². The monoisotopic (exact) mass is 363 g/mol. The van der Waals surface area contributed by atoms with Crippen LogP contribution in [0.1, 0.15) is 25.7 Å². The van der Waals surface area contributed by atoms with Crippen LogP contribution in [-0.4, -0.2) is 23.1 Å². The Morgan fingerprint density at radius 1 is 1.05 bits per heavy atom. The van der Waals surface area contributed by atoms with Crippen molar-refractivity contribution in [2.75, 3.05) is 18.0 Å². The number of hydrogen-bond acceptors (Lipinski definition) is 3. The third-order valence-corrected chi connectivity index (χ3v) is 5.15. The van der Waals surface area contributed by atoms with E-state index < -0.39 is 0 Å². The van der Waals surface area contributed by atoms with E-state index in [2.05, 4.69) is 42.9 Å². The van der Waals surface area contributed by atoms with E-state index in [4.69, 9.17) is 12.2 Å². The summed E-state index contributed by atoms with van der Waals surface area (Å²) in [4.78, 5) is 10.4. The summed E-state index contributed by atoms with van der Waals surface area (Å²) >= 11 is 9.00. The summed E-state index contributed by atoms with van der Waals surface area (Å²) in [6, 6.07) is 10.2. The molecule has 0 atom stereocenters. The maximum absolute atomic E-state index is 5.43. The van der Waals surface area contributed by atoms with Gasteiger partial charge in [-0.05, 0) is 34.3 Å². The fourth-order valence-corrected chi connectivity index (χ4v) is 3.29. The molecule has 110 valence electrons. The Bertz CT molecular complexity index is 661. The fraction of sp³-hybridized carbons (Fsp3) is 0.375. The lowest BCUT2D eigenvalue weighted by Crippen LogP contribution is -2.26. The first-order valence-corrected chi connectivity index (χ1v) is 8.56. The molecule has 3 rings (SSSR count). The molecule has 0 bridgehead atoms. The van der Waals surface area contributed by atoms with Gasteiger partial charge in [0.15, 0.2) is 0 Å². The number of aromatic nitrogens is 2. The minimum atomic E-state index is 0.617. The van der Waals surface area contributed by atoms with Crippen LogP contribution in [0.25, 0.3) is 11.3 Å². The normalized spacial score (nSPS) is 15.8. The van der Waals surface area contributed by atoms with Gasteiger partial charge in [0.25, 0.3) is 0 Å². The van der Waals surface area contributed by atoms with Crippen LogP contribution in [-0.2, 0) is 0 Å². The van der Waals surface area contributed by atoms with Crippen molar-refractivity contribution in [3.8, 4) is 11.3 Å². The van der Waals surface area contributed by atoms with Gasteiger partial charge in [-0.15, -0.1) is 0 Å². The molecule has 5 heteroatoms. The molecule has 1 saturated heterocycles. The van der Waals surface area contributed by atoms with Gasteiger partial charge in [0.2, 0.25) is 5.95 Å². The van der Waals surface area contributed by atoms with E-state index >= 15 is 0 Å². The molecule has 3 nitrogen and oxygen atoms in total. The Balaban J connectivity index is 2.03. The van der Waals surface area contributed by atoms with Crippen LogP contribution in [0.2, 0.25) is 0 Å². The maximum atomic E-state index is 5.43. The second-order valence-corrected chi connectivity index (χ2v) is 6.50. The SMILES string of the molecule is S=c1nc(N2CCCCCC2)[nH]c(-c2ccccc2)c1Br. The zero-order valence-electron chi connectivity index (χ0n) is 11.8. The molecule has 0 saturated carbocycles. The minimum absolute atomic E-state index is 0.617. The van der Waals surface area contributed by atoms with Crippen molar-refractivity contribution >= 4 is 34.1 Å². The Labute approximate surface area is 138 Å². The Morgan fingerprint density at radius 3 is 2.38 bits per heavy atom. The van der Waals surface area contributed by atoms with E-state index in [1.165, 1.54) is 25.7 Å². The number of anilines is 1. The van der Waals surface area contributed by atoms with Crippen LogP contribution in [0.4, 0.5) is 5.95 Å². The van der Waals surface area contributed by atoms with E-state index in [0.29, 0.717) is 4.64 Å². The molecule has 2 heterocycles. The smallest absolute Gasteiger partial charge is 0.204 e. The number of rotatable bonds is 2. The summed E-state index contributed by atoms with van der Waals surface area (Å²) in [5, 5.41) is 0. The number of nitrogens with one attached hydrogen (secondary N) is 1. The van der Waals surface area contributed by atoms with E-state index in [1.807, 2.05) is 18.2 Å². The van der Waals surface area contributed by atoms with Crippen LogP contribution >= 0.6 is 28.1 Å². The molecule has 1 aromatic heterocycles. The standard InChI is InChI=1S/C16H18BrN3S/c17-13-14(12-8-4-3-5-9-12)18-16(19-15(13)21)20-10-6-1-2-7-11-20/h3-5,8-9H,1-2,6-7,10-11H2,(H,18,19,21). The Morgan fingerprint density at radius 2 is 1.71 bits per heavy atom. The second-order valence-electron chi connectivity index (χ2n) is 5.32. The zero-order valence-corrected chi connectivity index (χ0v) is 14.2. The number of benzene rings is 1. The molecule has 0 spiro atoms. The van der Waals surface area contributed by atoms with Gasteiger partial charge in [-0.25, -0.2) is 4.98 Å². The van der Waals surface area contributed by atoms with Crippen molar-refractivity contribution in [3.63, 3.8) is 0 Å². The molecule has 0 aliphatic carbocycles. The lowest BCUT2D eigenvalue weighted by Gasteiger charge is -2.22. The van der Waals surface area contributed by atoms with Crippen LogP contribution in [0.3, 0.4) is 0 Å². The van der Waals surface area contributed by atoms with Crippen molar-refractivity contribution in [1.29, 1.82) is 0 Å². The third kappa shape index (κ3) is 3.35. The molecule has 0 amide bonds. The highest BCUT2D eigenvalue weighted by molar-refractivity contribution is 9.10. The summed E-state index contributed by atoms with van der Waals surface area (Å²) < 4.78 is 1.48. The van der Waals surface area contributed by atoms with Crippen molar-refractivity contribution in [2.24, 2.45) is 0 Å². The van der Waals surface area contributed by atoms with Gasteiger partial charge in [-0.3, -0.25) is 0 Å². The number of hydrogen-bond donors (Lipinski definition) is 1. The topological polar surface area (TPSA) is 31.9 Å². The van der Waals surface area contributed by atoms with Crippen LogP contribution in [0.15, 0.2) is 34.8 Å². The van der Waals surface area contributed by atoms with Crippen molar-refractivity contribution < 1.29 is 0 Å². The lowest BCUT2D eigenvalue weighted by atomic mass is 10.1.